The molecular weight excluding hydrogens is 192 g/mol. The maximum absolute atomic E-state index is 10.7. The lowest BCUT2D eigenvalue weighted by atomic mass is 9.66. The average Bonchev–Trinajstić information content (AvgIpc) is 2.54. The second-order valence-electron chi connectivity index (χ2n) is 4.47. The predicted molar refractivity (Wildman–Crippen MR) is 57.1 cm³/mol. The van der Waals surface area contributed by atoms with Crippen molar-refractivity contribution < 1.29 is 4.92 Å². The van der Waals surface area contributed by atoms with Crippen LogP contribution in [-0.2, 0) is 5.41 Å². The molecule has 1 fully saturated rings. The molecule has 0 radical (unpaired) electrons. The lowest BCUT2D eigenvalue weighted by Gasteiger charge is -2.38. The molecule has 4 nitrogen and oxygen atoms in total. The van der Waals surface area contributed by atoms with Crippen LogP contribution >= 0.6 is 0 Å². The average molecular weight is 204 g/mol. The lowest BCUT2D eigenvalue weighted by molar-refractivity contribution is -0.384. The molecule has 1 aliphatic heterocycles. The molecule has 1 N–H and O–H groups in total. The minimum absolute atomic E-state index is 0.210. The van der Waals surface area contributed by atoms with Crippen LogP contribution in [0.4, 0.5) is 11.4 Å². The Labute approximate surface area is 87.4 Å². The summed E-state index contributed by atoms with van der Waals surface area (Å²) in [6, 6.07) is 5.15. The fourth-order valence-electron chi connectivity index (χ4n) is 2.65. The molecule has 1 aromatic rings. The third-order valence-electron chi connectivity index (χ3n) is 3.71. The van der Waals surface area contributed by atoms with Crippen molar-refractivity contribution in [2.24, 2.45) is 0 Å². The second kappa shape index (κ2) is 2.72. The summed E-state index contributed by atoms with van der Waals surface area (Å²) in [5, 5.41) is 14.0. The molecule has 0 aromatic heterocycles. The summed E-state index contributed by atoms with van der Waals surface area (Å²) in [7, 11) is 0. The van der Waals surface area contributed by atoms with Gasteiger partial charge in [0.05, 0.1) is 4.92 Å². The van der Waals surface area contributed by atoms with Crippen molar-refractivity contribution in [3.8, 4) is 0 Å². The molecule has 78 valence electrons. The highest BCUT2D eigenvalue weighted by Crippen LogP contribution is 2.50. The summed E-state index contributed by atoms with van der Waals surface area (Å²) in [4.78, 5) is 10.4. The maximum Gasteiger partial charge on any atom is 0.269 e. The van der Waals surface area contributed by atoms with Gasteiger partial charge in [0.15, 0.2) is 0 Å². The number of non-ortho nitro benzene ring substituents is 1. The number of rotatable bonds is 1. The summed E-state index contributed by atoms with van der Waals surface area (Å²) < 4.78 is 0. The minimum Gasteiger partial charge on any atom is -0.384 e. The first kappa shape index (κ1) is 8.71. The van der Waals surface area contributed by atoms with Gasteiger partial charge in [-0.2, -0.15) is 0 Å². The van der Waals surface area contributed by atoms with Crippen LogP contribution in [0, 0.1) is 10.1 Å². The predicted octanol–water partition coefficient (Wildman–Crippen LogP) is 2.44. The van der Waals surface area contributed by atoms with Gasteiger partial charge in [0, 0.05) is 29.8 Å². The van der Waals surface area contributed by atoms with E-state index in [0.717, 1.165) is 30.6 Å². The topological polar surface area (TPSA) is 55.2 Å². The first-order valence-corrected chi connectivity index (χ1v) is 5.24. The fourth-order valence-corrected chi connectivity index (χ4v) is 2.65. The number of anilines is 1. The van der Waals surface area contributed by atoms with Crippen LogP contribution in [0.3, 0.4) is 0 Å². The SMILES string of the molecule is O=[N+]([O-])c1ccc2c(c1)C1(CCC1)CN2. The van der Waals surface area contributed by atoms with Gasteiger partial charge in [-0.25, -0.2) is 0 Å². The molecule has 0 bridgehead atoms. The molecule has 0 atom stereocenters. The fraction of sp³-hybridized carbons (Fsp3) is 0.455. The second-order valence-corrected chi connectivity index (χ2v) is 4.47. The number of hydrogen-bond donors (Lipinski definition) is 1. The van der Waals surface area contributed by atoms with E-state index in [-0.39, 0.29) is 16.0 Å². The normalized spacial score (nSPS) is 20.5. The first-order valence-electron chi connectivity index (χ1n) is 5.24. The molecule has 1 saturated carbocycles. The van der Waals surface area contributed by atoms with Gasteiger partial charge in [-0.3, -0.25) is 10.1 Å². The van der Waals surface area contributed by atoms with Gasteiger partial charge in [-0.15, -0.1) is 0 Å². The van der Waals surface area contributed by atoms with Crippen molar-refractivity contribution in [2.75, 3.05) is 11.9 Å². The first-order chi connectivity index (χ1) is 7.21. The van der Waals surface area contributed by atoms with Crippen molar-refractivity contribution in [3.63, 3.8) is 0 Å². The lowest BCUT2D eigenvalue weighted by Crippen LogP contribution is -2.35. The summed E-state index contributed by atoms with van der Waals surface area (Å²) >= 11 is 0. The molecule has 3 rings (SSSR count). The Hall–Kier alpha value is -1.58. The van der Waals surface area contributed by atoms with E-state index in [9.17, 15) is 10.1 Å². The van der Waals surface area contributed by atoms with Crippen molar-refractivity contribution in [1.82, 2.24) is 0 Å². The highest BCUT2D eigenvalue weighted by Gasteiger charge is 2.44. The number of nitro groups is 1. The van der Waals surface area contributed by atoms with Crippen molar-refractivity contribution in [2.45, 2.75) is 24.7 Å². The summed E-state index contributed by atoms with van der Waals surface area (Å²) in [5.41, 5.74) is 2.66. The maximum atomic E-state index is 10.7. The summed E-state index contributed by atoms with van der Waals surface area (Å²) in [6.07, 6.45) is 3.56. The molecule has 1 aliphatic carbocycles. The zero-order chi connectivity index (χ0) is 10.5. The number of nitrogens with zero attached hydrogens (tertiary/aromatic N) is 1. The third kappa shape index (κ3) is 1.07. The molecule has 1 spiro atoms. The number of nitro benzene ring substituents is 1. The van der Waals surface area contributed by atoms with E-state index in [4.69, 9.17) is 0 Å². The van der Waals surface area contributed by atoms with E-state index < -0.39 is 0 Å². The van der Waals surface area contributed by atoms with Crippen molar-refractivity contribution in [1.29, 1.82) is 0 Å². The highest BCUT2D eigenvalue weighted by molar-refractivity contribution is 5.64. The van der Waals surface area contributed by atoms with Crippen LogP contribution in [0.5, 0.6) is 0 Å². The van der Waals surface area contributed by atoms with Gasteiger partial charge in [-0.05, 0) is 24.5 Å². The van der Waals surface area contributed by atoms with Crippen LogP contribution in [-0.4, -0.2) is 11.5 Å². The molecule has 1 heterocycles. The molecule has 1 aromatic carbocycles. The number of fused-ring (bicyclic) bond motifs is 2. The Bertz CT molecular complexity index is 438. The van der Waals surface area contributed by atoms with E-state index in [1.54, 1.807) is 12.1 Å². The van der Waals surface area contributed by atoms with E-state index >= 15 is 0 Å². The van der Waals surface area contributed by atoms with Crippen LogP contribution < -0.4 is 5.32 Å². The molecule has 0 amide bonds. The van der Waals surface area contributed by atoms with Crippen LogP contribution in [0.25, 0.3) is 0 Å². The number of benzene rings is 1. The Morgan fingerprint density at radius 1 is 1.40 bits per heavy atom. The minimum atomic E-state index is -0.315. The Kier molecular flexibility index (Phi) is 1.58. The van der Waals surface area contributed by atoms with Gasteiger partial charge >= 0.3 is 0 Å². The molecule has 4 heteroatoms. The monoisotopic (exact) mass is 204 g/mol. The Balaban J connectivity index is 2.10. The van der Waals surface area contributed by atoms with Crippen LogP contribution in [0.1, 0.15) is 24.8 Å². The van der Waals surface area contributed by atoms with E-state index in [1.807, 2.05) is 6.07 Å². The molecular formula is C11H12N2O2. The van der Waals surface area contributed by atoms with Gasteiger partial charge in [-0.1, -0.05) is 6.42 Å². The Morgan fingerprint density at radius 3 is 2.80 bits per heavy atom. The van der Waals surface area contributed by atoms with Crippen molar-refractivity contribution >= 4 is 11.4 Å². The molecule has 0 saturated heterocycles. The van der Waals surface area contributed by atoms with E-state index in [1.165, 1.54) is 6.42 Å². The summed E-state index contributed by atoms with van der Waals surface area (Å²) in [5.74, 6) is 0. The number of hydrogen-bond acceptors (Lipinski definition) is 3. The van der Waals surface area contributed by atoms with Crippen LogP contribution in [0.15, 0.2) is 18.2 Å². The smallest absolute Gasteiger partial charge is 0.269 e. The quantitative estimate of drug-likeness (QED) is 0.564. The summed E-state index contributed by atoms with van der Waals surface area (Å²) in [6.45, 7) is 0.948. The standard InChI is InChI=1S/C11H12N2O2/c14-13(15)8-2-3-10-9(6-8)11(7-12-10)4-1-5-11/h2-3,6,12H,1,4-5,7H2. The molecule has 15 heavy (non-hydrogen) atoms. The van der Waals surface area contributed by atoms with Crippen LogP contribution in [0.2, 0.25) is 0 Å². The van der Waals surface area contributed by atoms with Gasteiger partial charge < -0.3 is 5.32 Å². The van der Waals surface area contributed by atoms with Crippen molar-refractivity contribution in [3.05, 3.63) is 33.9 Å². The molecule has 2 aliphatic rings. The zero-order valence-corrected chi connectivity index (χ0v) is 8.32. The zero-order valence-electron chi connectivity index (χ0n) is 8.32. The largest absolute Gasteiger partial charge is 0.384 e. The van der Waals surface area contributed by atoms with Gasteiger partial charge in [0.1, 0.15) is 0 Å². The van der Waals surface area contributed by atoms with E-state index in [2.05, 4.69) is 5.32 Å². The highest BCUT2D eigenvalue weighted by atomic mass is 16.6. The third-order valence-corrected chi connectivity index (χ3v) is 3.71. The Morgan fingerprint density at radius 2 is 2.20 bits per heavy atom. The van der Waals surface area contributed by atoms with Gasteiger partial charge in [0.25, 0.3) is 5.69 Å². The van der Waals surface area contributed by atoms with E-state index in [0.29, 0.717) is 0 Å². The van der Waals surface area contributed by atoms with Gasteiger partial charge in [0.2, 0.25) is 0 Å². The molecule has 0 unspecified atom stereocenters. The number of nitrogens with one attached hydrogen (secondary N) is 1.